The quantitative estimate of drug-likeness (QED) is 0.861. The summed E-state index contributed by atoms with van der Waals surface area (Å²) in [5.41, 5.74) is 6.12. The molecule has 4 nitrogen and oxygen atoms in total. The molecule has 1 aromatic rings. The Kier molecular flexibility index (Phi) is 5.76. The monoisotopic (exact) mass is 268 g/mol. The van der Waals surface area contributed by atoms with Crippen molar-refractivity contribution in [3.8, 4) is 5.75 Å². The fourth-order valence-electron chi connectivity index (χ4n) is 1.63. The van der Waals surface area contributed by atoms with E-state index < -0.39 is 5.82 Å². The minimum Gasteiger partial charge on any atom is -0.491 e. The van der Waals surface area contributed by atoms with Crippen LogP contribution in [-0.4, -0.2) is 25.6 Å². The van der Waals surface area contributed by atoms with Crippen LogP contribution in [0.15, 0.2) is 18.2 Å². The molecule has 0 radical (unpaired) electrons. The molecule has 0 aromatic heterocycles. The number of benzene rings is 1. The lowest BCUT2D eigenvalue weighted by Gasteiger charge is -2.18. The van der Waals surface area contributed by atoms with Gasteiger partial charge in [0.1, 0.15) is 0 Å². The van der Waals surface area contributed by atoms with Gasteiger partial charge in [0.15, 0.2) is 11.6 Å². The van der Waals surface area contributed by atoms with E-state index in [0.717, 1.165) is 0 Å². The number of anilines is 1. The van der Waals surface area contributed by atoms with Crippen molar-refractivity contribution in [3.63, 3.8) is 0 Å². The molecule has 1 rings (SSSR count). The summed E-state index contributed by atoms with van der Waals surface area (Å²) in [6.45, 7) is 4.04. The number of carbonyl (C=O) groups is 1. The first-order valence-electron chi connectivity index (χ1n) is 6.40. The lowest BCUT2D eigenvalue weighted by molar-refractivity contribution is -0.118. The maximum Gasteiger partial charge on any atom is 0.226 e. The standard InChI is InChI=1S/C14H21FN2O2/c1-4-19-13-7-6-11(9-12(13)15)17(3)14(18)8-5-10(2)16/h6-7,9-10H,4-5,8,16H2,1-3H3. The van der Waals surface area contributed by atoms with Crippen LogP contribution in [0.5, 0.6) is 5.75 Å². The molecule has 0 heterocycles. The molecule has 1 aromatic carbocycles. The Bertz CT molecular complexity index is 435. The van der Waals surface area contributed by atoms with E-state index >= 15 is 0 Å². The Morgan fingerprint density at radius 1 is 1.53 bits per heavy atom. The van der Waals surface area contributed by atoms with Crippen molar-refractivity contribution < 1.29 is 13.9 Å². The Balaban J connectivity index is 2.74. The first kappa shape index (κ1) is 15.4. The molecule has 1 unspecified atom stereocenters. The van der Waals surface area contributed by atoms with Gasteiger partial charge in [-0.2, -0.15) is 0 Å². The second kappa shape index (κ2) is 7.09. The van der Waals surface area contributed by atoms with Crippen LogP contribution in [0, 0.1) is 5.82 Å². The van der Waals surface area contributed by atoms with Gasteiger partial charge < -0.3 is 15.4 Å². The summed E-state index contributed by atoms with van der Waals surface area (Å²) in [5.74, 6) is -0.352. The average molecular weight is 268 g/mol. The highest BCUT2D eigenvalue weighted by molar-refractivity contribution is 5.92. The zero-order chi connectivity index (χ0) is 14.4. The Morgan fingerprint density at radius 2 is 2.21 bits per heavy atom. The summed E-state index contributed by atoms with van der Waals surface area (Å²) in [7, 11) is 1.62. The molecular formula is C14H21FN2O2. The van der Waals surface area contributed by atoms with E-state index in [1.165, 1.54) is 17.0 Å². The zero-order valence-electron chi connectivity index (χ0n) is 11.6. The molecule has 0 bridgehead atoms. The summed E-state index contributed by atoms with van der Waals surface area (Å²) < 4.78 is 18.8. The van der Waals surface area contributed by atoms with Gasteiger partial charge in [0.25, 0.3) is 0 Å². The van der Waals surface area contributed by atoms with Crippen LogP contribution in [0.3, 0.4) is 0 Å². The van der Waals surface area contributed by atoms with Crippen molar-refractivity contribution in [1.29, 1.82) is 0 Å². The van der Waals surface area contributed by atoms with Gasteiger partial charge in [0.2, 0.25) is 5.91 Å². The average Bonchev–Trinajstić information content (AvgIpc) is 2.37. The van der Waals surface area contributed by atoms with Crippen LogP contribution in [0.2, 0.25) is 0 Å². The third-order valence-corrected chi connectivity index (χ3v) is 2.79. The van der Waals surface area contributed by atoms with E-state index in [1.807, 2.05) is 6.92 Å². The van der Waals surface area contributed by atoms with Crippen molar-refractivity contribution in [2.45, 2.75) is 32.7 Å². The molecule has 19 heavy (non-hydrogen) atoms. The summed E-state index contributed by atoms with van der Waals surface area (Å²) in [4.78, 5) is 13.3. The summed E-state index contributed by atoms with van der Waals surface area (Å²) >= 11 is 0. The largest absolute Gasteiger partial charge is 0.491 e. The molecule has 1 amide bonds. The van der Waals surface area contributed by atoms with Gasteiger partial charge in [-0.15, -0.1) is 0 Å². The Hall–Kier alpha value is -1.62. The third-order valence-electron chi connectivity index (χ3n) is 2.79. The van der Waals surface area contributed by atoms with Crippen LogP contribution in [0.25, 0.3) is 0 Å². The van der Waals surface area contributed by atoms with Gasteiger partial charge in [-0.05, 0) is 32.4 Å². The maximum absolute atomic E-state index is 13.7. The molecule has 0 saturated carbocycles. The lowest BCUT2D eigenvalue weighted by Crippen LogP contribution is -2.28. The number of nitrogens with zero attached hydrogens (tertiary/aromatic N) is 1. The van der Waals surface area contributed by atoms with E-state index in [4.69, 9.17) is 10.5 Å². The van der Waals surface area contributed by atoms with E-state index in [2.05, 4.69) is 0 Å². The van der Waals surface area contributed by atoms with Crippen molar-refractivity contribution in [2.75, 3.05) is 18.6 Å². The highest BCUT2D eigenvalue weighted by atomic mass is 19.1. The van der Waals surface area contributed by atoms with E-state index in [9.17, 15) is 9.18 Å². The number of halogens is 1. The van der Waals surface area contributed by atoms with Gasteiger partial charge in [-0.3, -0.25) is 4.79 Å². The first-order chi connectivity index (χ1) is 8.95. The number of hydrogen-bond donors (Lipinski definition) is 1. The molecule has 1 atom stereocenters. The molecule has 5 heteroatoms. The number of rotatable bonds is 6. The predicted molar refractivity (Wildman–Crippen MR) is 73.9 cm³/mol. The SMILES string of the molecule is CCOc1ccc(N(C)C(=O)CCC(C)N)cc1F. The van der Waals surface area contributed by atoms with Gasteiger partial charge in [-0.1, -0.05) is 0 Å². The fourth-order valence-corrected chi connectivity index (χ4v) is 1.63. The van der Waals surface area contributed by atoms with Crippen molar-refractivity contribution in [2.24, 2.45) is 5.73 Å². The van der Waals surface area contributed by atoms with Crippen LogP contribution < -0.4 is 15.4 Å². The molecule has 0 aliphatic carbocycles. The van der Waals surface area contributed by atoms with Crippen molar-refractivity contribution >= 4 is 11.6 Å². The first-order valence-corrected chi connectivity index (χ1v) is 6.40. The number of carbonyl (C=O) groups excluding carboxylic acids is 1. The number of ether oxygens (including phenoxy) is 1. The van der Waals surface area contributed by atoms with E-state index in [1.54, 1.807) is 20.0 Å². The van der Waals surface area contributed by atoms with E-state index in [0.29, 0.717) is 25.1 Å². The predicted octanol–water partition coefficient (Wildman–Crippen LogP) is 2.31. The molecule has 0 aliphatic rings. The molecule has 0 fully saturated rings. The van der Waals surface area contributed by atoms with Crippen molar-refractivity contribution in [3.05, 3.63) is 24.0 Å². The minimum absolute atomic E-state index is 0.0191. The van der Waals surface area contributed by atoms with E-state index in [-0.39, 0.29) is 17.7 Å². The highest BCUT2D eigenvalue weighted by Gasteiger charge is 2.13. The molecule has 0 aliphatic heterocycles. The van der Waals surface area contributed by atoms with Crippen LogP contribution in [0.4, 0.5) is 10.1 Å². The smallest absolute Gasteiger partial charge is 0.226 e. The van der Waals surface area contributed by atoms with Gasteiger partial charge in [0, 0.05) is 31.3 Å². The number of amides is 1. The third kappa shape index (κ3) is 4.52. The lowest BCUT2D eigenvalue weighted by atomic mass is 10.1. The summed E-state index contributed by atoms with van der Waals surface area (Å²) in [5, 5.41) is 0. The number of nitrogens with two attached hydrogens (primary N) is 1. The van der Waals surface area contributed by atoms with Crippen molar-refractivity contribution in [1.82, 2.24) is 0 Å². The van der Waals surface area contributed by atoms with Gasteiger partial charge >= 0.3 is 0 Å². The fraction of sp³-hybridized carbons (Fsp3) is 0.500. The zero-order valence-corrected chi connectivity index (χ0v) is 11.6. The molecule has 2 N–H and O–H groups in total. The summed E-state index contributed by atoms with van der Waals surface area (Å²) in [6.07, 6.45) is 0.964. The van der Waals surface area contributed by atoms with Gasteiger partial charge in [0.05, 0.1) is 6.61 Å². The highest BCUT2D eigenvalue weighted by Crippen LogP contribution is 2.23. The number of hydrogen-bond acceptors (Lipinski definition) is 3. The van der Waals surface area contributed by atoms with Crippen LogP contribution in [-0.2, 0) is 4.79 Å². The molecule has 0 spiro atoms. The summed E-state index contributed by atoms with van der Waals surface area (Å²) in [6, 6.07) is 4.48. The second-order valence-corrected chi connectivity index (χ2v) is 4.52. The Morgan fingerprint density at radius 3 is 2.74 bits per heavy atom. The van der Waals surface area contributed by atoms with Crippen LogP contribution >= 0.6 is 0 Å². The molecule has 106 valence electrons. The second-order valence-electron chi connectivity index (χ2n) is 4.52. The topological polar surface area (TPSA) is 55.6 Å². The maximum atomic E-state index is 13.7. The molecular weight excluding hydrogens is 247 g/mol. The normalized spacial score (nSPS) is 12.1. The Labute approximate surface area is 113 Å². The molecule has 0 saturated heterocycles. The minimum atomic E-state index is -0.466. The van der Waals surface area contributed by atoms with Crippen LogP contribution in [0.1, 0.15) is 26.7 Å². The van der Waals surface area contributed by atoms with Gasteiger partial charge in [-0.25, -0.2) is 4.39 Å².